The Bertz CT molecular complexity index is 498. The van der Waals surface area contributed by atoms with Crippen molar-refractivity contribution in [3.8, 4) is 0 Å². The SMILES string of the molecule is Cc1coc(SCc2cccc(N)c2Br)n1. The normalized spacial score (nSPS) is 10.6. The highest BCUT2D eigenvalue weighted by atomic mass is 79.9. The van der Waals surface area contributed by atoms with Gasteiger partial charge in [0, 0.05) is 15.9 Å². The third-order valence-corrected chi connectivity index (χ3v) is 3.91. The molecule has 0 atom stereocenters. The average Bonchev–Trinajstić information content (AvgIpc) is 2.67. The van der Waals surface area contributed by atoms with Crippen LogP contribution in [0, 0.1) is 6.92 Å². The van der Waals surface area contributed by atoms with Crippen LogP contribution in [-0.2, 0) is 5.75 Å². The van der Waals surface area contributed by atoms with E-state index in [9.17, 15) is 0 Å². The van der Waals surface area contributed by atoms with E-state index in [-0.39, 0.29) is 0 Å². The maximum atomic E-state index is 5.80. The third kappa shape index (κ3) is 2.59. The first-order valence-electron chi connectivity index (χ1n) is 4.74. The van der Waals surface area contributed by atoms with Gasteiger partial charge in [0.25, 0.3) is 5.22 Å². The number of halogens is 1. The fourth-order valence-electron chi connectivity index (χ4n) is 1.25. The van der Waals surface area contributed by atoms with Gasteiger partial charge < -0.3 is 10.2 Å². The molecule has 16 heavy (non-hydrogen) atoms. The van der Waals surface area contributed by atoms with Crippen LogP contribution >= 0.6 is 27.7 Å². The largest absolute Gasteiger partial charge is 0.440 e. The van der Waals surface area contributed by atoms with Gasteiger partial charge in [-0.15, -0.1) is 0 Å². The molecule has 3 nitrogen and oxygen atoms in total. The lowest BCUT2D eigenvalue weighted by Gasteiger charge is -2.04. The molecule has 2 aromatic rings. The Hall–Kier alpha value is -0.940. The predicted octanol–water partition coefficient (Wildman–Crippen LogP) is 3.62. The molecule has 0 bridgehead atoms. The summed E-state index contributed by atoms with van der Waals surface area (Å²) in [4.78, 5) is 4.23. The number of nitrogens with zero attached hydrogens (tertiary/aromatic N) is 1. The predicted molar refractivity (Wildman–Crippen MR) is 69.4 cm³/mol. The van der Waals surface area contributed by atoms with Gasteiger partial charge in [0.15, 0.2) is 0 Å². The molecule has 0 amide bonds. The van der Waals surface area contributed by atoms with E-state index in [4.69, 9.17) is 10.2 Å². The van der Waals surface area contributed by atoms with Crippen LogP contribution in [0.25, 0.3) is 0 Å². The average molecular weight is 299 g/mol. The number of anilines is 1. The Morgan fingerprint density at radius 2 is 2.31 bits per heavy atom. The summed E-state index contributed by atoms with van der Waals surface area (Å²) in [5, 5.41) is 0.687. The van der Waals surface area contributed by atoms with Crippen molar-refractivity contribution in [1.82, 2.24) is 4.98 Å². The molecule has 5 heteroatoms. The van der Waals surface area contributed by atoms with E-state index in [1.807, 2.05) is 25.1 Å². The van der Waals surface area contributed by atoms with Crippen LogP contribution in [0.1, 0.15) is 11.3 Å². The van der Waals surface area contributed by atoms with Gasteiger partial charge in [0.05, 0.1) is 5.69 Å². The van der Waals surface area contributed by atoms with Crippen molar-refractivity contribution in [2.45, 2.75) is 17.9 Å². The number of hydrogen-bond acceptors (Lipinski definition) is 4. The van der Waals surface area contributed by atoms with Crippen molar-refractivity contribution in [1.29, 1.82) is 0 Å². The highest BCUT2D eigenvalue weighted by molar-refractivity contribution is 9.10. The van der Waals surface area contributed by atoms with Crippen molar-refractivity contribution in [2.24, 2.45) is 0 Å². The lowest BCUT2D eigenvalue weighted by Crippen LogP contribution is -1.90. The minimum atomic E-state index is 0.687. The highest BCUT2D eigenvalue weighted by Gasteiger charge is 2.06. The molecule has 0 aliphatic carbocycles. The minimum Gasteiger partial charge on any atom is -0.440 e. The van der Waals surface area contributed by atoms with Crippen LogP contribution in [0.2, 0.25) is 0 Å². The second kappa shape index (κ2) is 4.93. The van der Waals surface area contributed by atoms with E-state index in [0.717, 1.165) is 27.2 Å². The lowest BCUT2D eigenvalue weighted by molar-refractivity contribution is 0.454. The number of nitrogens with two attached hydrogens (primary N) is 1. The summed E-state index contributed by atoms with van der Waals surface area (Å²) in [6.07, 6.45) is 1.65. The molecule has 0 saturated heterocycles. The molecule has 84 valence electrons. The van der Waals surface area contributed by atoms with E-state index >= 15 is 0 Å². The quantitative estimate of drug-likeness (QED) is 0.694. The van der Waals surface area contributed by atoms with Crippen molar-refractivity contribution in [3.05, 3.63) is 40.2 Å². The second-order valence-corrected chi connectivity index (χ2v) is 5.08. The summed E-state index contributed by atoms with van der Waals surface area (Å²) in [7, 11) is 0. The first kappa shape index (κ1) is 11.5. The zero-order valence-electron chi connectivity index (χ0n) is 8.74. The minimum absolute atomic E-state index is 0.687. The van der Waals surface area contributed by atoms with Gasteiger partial charge >= 0.3 is 0 Å². The maximum Gasteiger partial charge on any atom is 0.256 e. The van der Waals surface area contributed by atoms with Gasteiger partial charge in [-0.05, 0) is 34.5 Å². The summed E-state index contributed by atoms with van der Waals surface area (Å²) < 4.78 is 6.21. The number of rotatable bonds is 3. The molecule has 0 spiro atoms. The monoisotopic (exact) mass is 298 g/mol. The first-order valence-corrected chi connectivity index (χ1v) is 6.52. The van der Waals surface area contributed by atoms with E-state index in [0.29, 0.717) is 5.22 Å². The van der Waals surface area contributed by atoms with Crippen LogP contribution in [0.5, 0.6) is 0 Å². The molecular weight excluding hydrogens is 288 g/mol. The molecule has 0 radical (unpaired) electrons. The second-order valence-electron chi connectivity index (χ2n) is 3.36. The Morgan fingerprint density at radius 3 is 3.00 bits per heavy atom. The number of hydrogen-bond donors (Lipinski definition) is 1. The zero-order valence-corrected chi connectivity index (χ0v) is 11.1. The molecule has 0 unspecified atom stereocenters. The number of aromatic nitrogens is 1. The molecule has 0 aliphatic rings. The summed E-state index contributed by atoms with van der Waals surface area (Å²) in [5.74, 6) is 0.783. The van der Waals surface area contributed by atoms with Gasteiger partial charge in [-0.2, -0.15) is 0 Å². The van der Waals surface area contributed by atoms with Gasteiger partial charge in [0.1, 0.15) is 6.26 Å². The Morgan fingerprint density at radius 1 is 1.50 bits per heavy atom. The Kier molecular flexibility index (Phi) is 3.56. The summed E-state index contributed by atoms with van der Waals surface area (Å²) in [5.41, 5.74) is 8.59. The summed E-state index contributed by atoms with van der Waals surface area (Å²) >= 11 is 5.02. The number of oxazole rings is 1. The third-order valence-electron chi connectivity index (χ3n) is 2.06. The van der Waals surface area contributed by atoms with Gasteiger partial charge in [-0.25, -0.2) is 4.98 Å². The topological polar surface area (TPSA) is 52.0 Å². The number of thioether (sulfide) groups is 1. The molecule has 0 fully saturated rings. The Labute approximate surface area is 107 Å². The zero-order chi connectivity index (χ0) is 11.5. The van der Waals surface area contributed by atoms with E-state index in [1.165, 1.54) is 0 Å². The van der Waals surface area contributed by atoms with Gasteiger partial charge in [-0.1, -0.05) is 23.9 Å². The molecule has 1 aromatic heterocycles. The van der Waals surface area contributed by atoms with Gasteiger partial charge in [-0.3, -0.25) is 0 Å². The highest BCUT2D eigenvalue weighted by Crippen LogP contribution is 2.29. The van der Waals surface area contributed by atoms with Crippen molar-refractivity contribution >= 4 is 33.4 Å². The van der Waals surface area contributed by atoms with E-state index < -0.39 is 0 Å². The van der Waals surface area contributed by atoms with Crippen LogP contribution in [0.4, 0.5) is 5.69 Å². The first-order chi connectivity index (χ1) is 7.66. The number of aryl methyl sites for hydroxylation is 1. The van der Waals surface area contributed by atoms with Crippen LogP contribution in [-0.4, -0.2) is 4.98 Å². The maximum absolute atomic E-state index is 5.80. The van der Waals surface area contributed by atoms with Crippen LogP contribution < -0.4 is 5.73 Å². The number of nitrogen functional groups attached to an aromatic ring is 1. The molecular formula is C11H11BrN2OS. The van der Waals surface area contributed by atoms with Crippen molar-refractivity contribution in [2.75, 3.05) is 5.73 Å². The van der Waals surface area contributed by atoms with Crippen molar-refractivity contribution in [3.63, 3.8) is 0 Å². The molecule has 2 rings (SSSR count). The standard InChI is InChI=1S/C11H11BrN2OS/c1-7-5-15-11(14-7)16-6-8-3-2-4-9(13)10(8)12/h2-5H,6,13H2,1H3. The molecule has 1 aromatic carbocycles. The van der Waals surface area contributed by atoms with Crippen LogP contribution in [0.15, 0.2) is 38.6 Å². The van der Waals surface area contributed by atoms with Gasteiger partial charge in [0.2, 0.25) is 0 Å². The van der Waals surface area contributed by atoms with Crippen molar-refractivity contribution < 1.29 is 4.42 Å². The summed E-state index contributed by atoms with van der Waals surface area (Å²) in [6.45, 7) is 1.91. The van der Waals surface area contributed by atoms with E-state index in [1.54, 1.807) is 18.0 Å². The Balaban J connectivity index is 2.07. The smallest absolute Gasteiger partial charge is 0.256 e. The van der Waals surface area contributed by atoms with Crippen LogP contribution in [0.3, 0.4) is 0 Å². The fraction of sp³-hybridized carbons (Fsp3) is 0.182. The molecule has 0 aliphatic heterocycles. The number of benzene rings is 1. The molecule has 0 saturated carbocycles. The fourth-order valence-corrected chi connectivity index (χ4v) is 2.68. The molecule has 1 heterocycles. The lowest BCUT2D eigenvalue weighted by atomic mass is 10.2. The summed E-state index contributed by atoms with van der Waals surface area (Å²) in [6, 6.07) is 5.84. The molecule has 2 N–H and O–H groups in total. The van der Waals surface area contributed by atoms with E-state index in [2.05, 4.69) is 20.9 Å².